The largest absolute Gasteiger partial charge is 0.379 e. The van der Waals surface area contributed by atoms with Crippen LogP contribution in [-0.4, -0.2) is 57.6 Å². The fourth-order valence-electron chi connectivity index (χ4n) is 3.58. The van der Waals surface area contributed by atoms with Gasteiger partial charge in [-0.3, -0.25) is 4.90 Å². The van der Waals surface area contributed by atoms with Crippen molar-refractivity contribution in [3.05, 3.63) is 64.9 Å². The van der Waals surface area contributed by atoms with Gasteiger partial charge in [-0.2, -0.15) is 15.9 Å². The first-order valence-electron chi connectivity index (χ1n) is 9.73. The van der Waals surface area contributed by atoms with Crippen LogP contribution >= 0.6 is 11.3 Å². The van der Waals surface area contributed by atoms with Gasteiger partial charge in [-0.05, 0) is 29.1 Å². The average Bonchev–Trinajstić information content (AvgIpc) is 3.44. The molecule has 1 saturated heterocycles. The maximum Gasteiger partial charge on any atom is 0.186 e. The Hall–Kier alpha value is -2.81. The second-order valence-electron chi connectivity index (χ2n) is 7.04. The molecule has 3 aromatic heterocycles. The predicted octanol–water partition coefficient (Wildman–Crippen LogP) is 3.34. The van der Waals surface area contributed by atoms with Crippen LogP contribution in [-0.2, 0) is 4.74 Å². The Balaban J connectivity index is 1.44. The Morgan fingerprint density at radius 3 is 2.69 bits per heavy atom. The van der Waals surface area contributed by atoms with E-state index in [0.717, 1.165) is 55.7 Å². The highest BCUT2D eigenvalue weighted by atomic mass is 32.1. The van der Waals surface area contributed by atoms with Gasteiger partial charge in [0.25, 0.3) is 0 Å². The maximum absolute atomic E-state index is 5.50. The molecule has 0 amide bonds. The van der Waals surface area contributed by atoms with Gasteiger partial charge in [0.2, 0.25) is 0 Å². The number of ether oxygens (including phenoxy) is 1. The lowest BCUT2D eigenvalue weighted by Crippen LogP contribution is -2.40. The lowest BCUT2D eigenvalue weighted by molar-refractivity contribution is 0.0360. The third-order valence-electron chi connectivity index (χ3n) is 5.11. The normalized spacial score (nSPS) is 16.1. The molecule has 0 radical (unpaired) electrons. The van der Waals surface area contributed by atoms with E-state index in [4.69, 9.17) is 9.84 Å². The highest BCUT2D eigenvalue weighted by Crippen LogP contribution is 2.23. The van der Waals surface area contributed by atoms with Crippen LogP contribution in [0.4, 0.5) is 5.82 Å². The van der Waals surface area contributed by atoms with E-state index >= 15 is 0 Å². The highest BCUT2D eigenvalue weighted by Gasteiger charge is 2.19. The van der Waals surface area contributed by atoms with E-state index in [1.54, 1.807) is 15.9 Å². The van der Waals surface area contributed by atoms with Crippen LogP contribution in [0.1, 0.15) is 11.6 Å². The number of nitrogens with one attached hydrogen (secondary N) is 1. The number of aromatic nitrogens is 4. The zero-order valence-electron chi connectivity index (χ0n) is 15.9. The molecule has 7 nitrogen and oxygen atoms in total. The molecule has 1 N–H and O–H groups in total. The molecule has 1 unspecified atom stereocenters. The highest BCUT2D eigenvalue weighted by molar-refractivity contribution is 7.08. The van der Waals surface area contributed by atoms with Crippen LogP contribution in [0.15, 0.2) is 59.3 Å². The molecule has 4 heterocycles. The van der Waals surface area contributed by atoms with E-state index in [-0.39, 0.29) is 6.04 Å². The van der Waals surface area contributed by atoms with Crippen molar-refractivity contribution in [1.29, 1.82) is 0 Å². The summed E-state index contributed by atoms with van der Waals surface area (Å²) in [7, 11) is 0. The summed E-state index contributed by atoms with van der Waals surface area (Å²) in [4.78, 5) is 2.43. The van der Waals surface area contributed by atoms with Crippen molar-refractivity contribution >= 4 is 22.8 Å². The average molecular weight is 407 g/mol. The molecule has 0 saturated carbocycles. The Morgan fingerprint density at radius 2 is 1.90 bits per heavy atom. The molecule has 1 aliphatic rings. The van der Waals surface area contributed by atoms with Gasteiger partial charge in [0.05, 0.1) is 19.3 Å². The van der Waals surface area contributed by atoms with Crippen LogP contribution in [0, 0.1) is 0 Å². The topological polar surface area (TPSA) is 67.6 Å². The van der Waals surface area contributed by atoms with Gasteiger partial charge >= 0.3 is 0 Å². The van der Waals surface area contributed by atoms with Crippen molar-refractivity contribution in [2.45, 2.75) is 6.04 Å². The van der Waals surface area contributed by atoms with Crippen molar-refractivity contribution in [3.8, 4) is 11.4 Å². The lowest BCUT2D eigenvalue weighted by atomic mass is 10.1. The Bertz CT molecular complexity index is 1060. The third-order valence-corrected chi connectivity index (χ3v) is 5.79. The summed E-state index contributed by atoms with van der Waals surface area (Å²) in [5.74, 6) is 1.56. The molecule has 5 rings (SSSR count). The minimum Gasteiger partial charge on any atom is -0.379 e. The van der Waals surface area contributed by atoms with E-state index in [1.165, 1.54) is 5.56 Å². The van der Waals surface area contributed by atoms with Crippen LogP contribution in [0.2, 0.25) is 0 Å². The SMILES string of the molecule is c1ccc(C(CN2CCOCC2)Nc2ccc3nnc(-c4ccsc4)n3n2)cc1. The number of morpholine rings is 1. The Morgan fingerprint density at radius 1 is 1.03 bits per heavy atom. The Labute approximate surface area is 173 Å². The van der Waals surface area contributed by atoms with Gasteiger partial charge in [-0.25, -0.2) is 0 Å². The van der Waals surface area contributed by atoms with Crippen molar-refractivity contribution < 1.29 is 4.74 Å². The van der Waals surface area contributed by atoms with Crippen molar-refractivity contribution in [2.75, 3.05) is 38.2 Å². The smallest absolute Gasteiger partial charge is 0.186 e. The zero-order chi connectivity index (χ0) is 19.5. The van der Waals surface area contributed by atoms with Crippen LogP contribution in [0.3, 0.4) is 0 Å². The summed E-state index contributed by atoms with van der Waals surface area (Å²) in [6.45, 7) is 4.37. The maximum atomic E-state index is 5.50. The molecule has 148 valence electrons. The van der Waals surface area contributed by atoms with Crippen LogP contribution in [0.5, 0.6) is 0 Å². The number of hydrogen-bond acceptors (Lipinski definition) is 7. The van der Waals surface area contributed by atoms with E-state index in [0.29, 0.717) is 0 Å². The fourth-order valence-corrected chi connectivity index (χ4v) is 4.21. The number of nitrogens with zero attached hydrogens (tertiary/aromatic N) is 5. The van der Waals surface area contributed by atoms with Crippen molar-refractivity contribution in [1.82, 2.24) is 24.7 Å². The van der Waals surface area contributed by atoms with Gasteiger partial charge < -0.3 is 10.1 Å². The summed E-state index contributed by atoms with van der Waals surface area (Å²) < 4.78 is 7.31. The van der Waals surface area contributed by atoms with Crippen molar-refractivity contribution in [2.24, 2.45) is 0 Å². The molecular weight excluding hydrogens is 384 g/mol. The van der Waals surface area contributed by atoms with Crippen LogP contribution in [0.25, 0.3) is 17.0 Å². The summed E-state index contributed by atoms with van der Waals surface area (Å²) in [5, 5.41) is 21.1. The minimum absolute atomic E-state index is 0.125. The summed E-state index contributed by atoms with van der Waals surface area (Å²) in [6, 6.07) is 16.6. The summed E-state index contributed by atoms with van der Waals surface area (Å²) in [6.07, 6.45) is 0. The predicted molar refractivity (Wildman–Crippen MR) is 114 cm³/mol. The molecule has 8 heteroatoms. The summed E-state index contributed by atoms with van der Waals surface area (Å²) >= 11 is 1.64. The molecule has 0 spiro atoms. The molecule has 1 atom stereocenters. The van der Waals surface area contributed by atoms with Gasteiger partial charge in [0, 0.05) is 30.6 Å². The first kappa shape index (κ1) is 18.2. The number of anilines is 1. The van der Waals surface area contributed by atoms with Crippen molar-refractivity contribution in [3.63, 3.8) is 0 Å². The second-order valence-corrected chi connectivity index (χ2v) is 7.82. The van der Waals surface area contributed by atoms with E-state index in [2.05, 4.69) is 50.1 Å². The molecule has 0 bridgehead atoms. The van der Waals surface area contributed by atoms with E-state index in [9.17, 15) is 0 Å². The van der Waals surface area contributed by atoms with E-state index in [1.807, 2.05) is 29.6 Å². The molecule has 29 heavy (non-hydrogen) atoms. The van der Waals surface area contributed by atoms with Gasteiger partial charge in [-0.15, -0.1) is 15.3 Å². The molecule has 0 aliphatic carbocycles. The minimum atomic E-state index is 0.125. The van der Waals surface area contributed by atoms with Gasteiger partial charge in [0.1, 0.15) is 5.82 Å². The summed E-state index contributed by atoms with van der Waals surface area (Å²) in [5.41, 5.74) is 3.00. The molecule has 1 fully saturated rings. The number of benzene rings is 1. The first-order valence-corrected chi connectivity index (χ1v) is 10.7. The molecular formula is C21H22N6OS. The molecule has 1 aliphatic heterocycles. The Kier molecular flexibility index (Phi) is 5.21. The second kappa shape index (κ2) is 8.28. The number of hydrogen-bond donors (Lipinski definition) is 1. The zero-order valence-corrected chi connectivity index (χ0v) is 16.8. The molecule has 4 aromatic rings. The monoisotopic (exact) mass is 406 g/mol. The fraction of sp³-hybridized carbons (Fsp3) is 0.286. The number of fused-ring (bicyclic) bond motifs is 1. The molecule has 1 aromatic carbocycles. The number of rotatable bonds is 6. The number of thiophene rings is 1. The van der Waals surface area contributed by atoms with E-state index < -0.39 is 0 Å². The quantitative estimate of drug-likeness (QED) is 0.530. The first-order chi connectivity index (χ1) is 14.4. The van der Waals surface area contributed by atoms with Gasteiger partial charge in [-0.1, -0.05) is 30.3 Å². The lowest BCUT2D eigenvalue weighted by Gasteiger charge is -2.31. The van der Waals surface area contributed by atoms with Gasteiger partial charge in [0.15, 0.2) is 11.5 Å². The van der Waals surface area contributed by atoms with Crippen LogP contribution < -0.4 is 5.32 Å². The third kappa shape index (κ3) is 4.00. The standard InChI is InChI=1S/C21H22N6OS/c1-2-4-16(5-3-1)18(14-26-9-11-28-12-10-26)22-19-6-7-20-23-24-21(27(20)25-19)17-8-13-29-15-17/h1-8,13,15,18H,9-12,14H2,(H,22,25).